The van der Waals surface area contributed by atoms with Gasteiger partial charge in [0.05, 0.1) is 0 Å². The molecule has 0 atom stereocenters. The number of hydrogen-bond acceptors (Lipinski definition) is 4. The van der Waals surface area contributed by atoms with E-state index in [2.05, 4.69) is 0 Å². The smallest absolute Gasteiger partial charge is 0.870 e. The van der Waals surface area contributed by atoms with Crippen molar-refractivity contribution in [2.75, 3.05) is 0 Å². The average Bonchev–Trinajstić information content (AvgIpc) is 0.722. The van der Waals surface area contributed by atoms with E-state index in [9.17, 15) is 0 Å². The molecule has 0 spiro atoms. The molecule has 0 aliphatic rings. The van der Waals surface area contributed by atoms with Crippen LogP contribution in [0.5, 0.6) is 0 Å². The Morgan fingerprint density at radius 3 is 1.00 bits per heavy atom. The summed E-state index contributed by atoms with van der Waals surface area (Å²) in [6, 6.07) is 0. The van der Waals surface area contributed by atoms with Gasteiger partial charge in [-0.2, -0.15) is 8.42 Å². The van der Waals surface area contributed by atoms with Crippen LogP contribution in [0.4, 0.5) is 0 Å². The van der Waals surface area contributed by atoms with Gasteiger partial charge in [-0.15, -0.1) is 0 Å². The monoisotopic (exact) mass is 270 g/mol. The van der Waals surface area contributed by atoms with Gasteiger partial charge in [-0.25, -0.2) is 0 Å². The maximum atomic E-state index is 8.74. The van der Waals surface area contributed by atoms with Gasteiger partial charge in [0.25, 0.3) is 0 Å². The summed E-state index contributed by atoms with van der Waals surface area (Å²) in [5.41, 5.74) is 0. The van der Waals surface area contributed by atoms with Crippen molar-refractivity contribution in [3.05, 3.63) is 0 Å². The first-order chi connectivity index (χ1) is 2.00. The SMILES string of the molecule is O=S(=O)(O)O.[Ba+2].[OH-].[OH-]. The molecular weight excluding hydrogens is 265 g/mol. The van der Waals surface area contributed by atoms with E-state index in [1.54, 1.807) is 0 Å². The number of rotatable bonds is 0. The van der Waals surface area contributed by atoms with Gasteiger partial charge in [0.1, 0.15) is 0 Å². The van der Waals surface area contributed by atoms with Crippen LogP contribution in [-0.4, -0.2) is 77.4 Å². The van der Waals surface area contributed by atoms with E-state index in [1.165, 1.54) is 0 Å². The van der Waals surface area contributed by atoms with E-state index in [1.807, 2.05) is 0 Å². The normalized spacial score (nSPS) is 7.25. The fourth-order valence-corrected chi connectivity index (χ4v) is 0. The van der Waals surface area contributed by atoms with Crippen LogP contribution < -0.4 is 0 Å². The minimum Gasteiger partial charge on any atom is -0.870 e. The van der Waals surface area contributed by atoms with Gasteiger partial charge in [0.15, 0.2) is 0 Å². The molecule has 0 aromatic heterocycles. The van der Waals surface area contributed by atoms with E-state index in [0.717, 1.165) is 0 Å². The Hall–Kier alpha value is 1.36. The third kappa shape index (κ3) is 161. The molecule has 0 radical (unpaired) electrons. The van der Waals surface area contributed by atoms with Crippen LogP contribution in [-0.2, 0) is 10.4 Å². The van der Waals surface area contributed by atoms with Crippen molar-refractivity contribution >= 4 is 59.3 Å². The number of hydrogen-bond donors (Lipinski definition) is 2. The molecule has 6 nitrogen and oxygen atoms in total. The molecule has 0 unspecified atom stereocenters. The fourth-order valence-electron chi connectivity index (χ4n) is 0. The molecule has 4 N–H and O–H groups in total. The van der Waals surface area contributed by atoms with E-state index in [4.69, 9.17) is 17.5 Å². The zero-order valence-corrected chi connectivity index (χ0v) is 8.98. The summed E-state index contributed by atoms with van der Waals surface area (Å²) < 4.78 is 31.6. The van der Waals surface area contributed by atoms with Crippen molar-refractivity contribution in [2.45, 2.75) is 0 Å². The van der Waals surface area contributed by atoms with Crippen molar-refractivity contribution in [1.29, 1.82) is 0 Å². The van der Waals surface area contributed by atoms with E-state index >= 15 is 0 Å². The minimum atomic E-state index is -4.67. The van der Waals surface area contributed by atoms with Crippen LogP contribution in [0.3, 0.4) is 0 Å². The largest absolute Gasteiger partial charge is 2.00 e. The molecule has 0 heterocycles. The minimum absolute atomic E-state index is 0. The molecule has 0 saturated carbocycles. The average molecular weight is 269 g/mol. The van der Waals surface area contributed by atoms with Crippen LogP contribution in [0.25, 0.3) is 0 Å². The first-order valence-corrected chi connectivity index (χ1v) is 2.10. The summed E-state index contributed by atoms with van der Waals surface area (Å²) in [5.74, 6) is 0. The van der Waals surface area contributed by atoms with E-state index < -0.39 is 10.4 Å². The first kappa shape index (κ1) is 22.8. The van der Waals surface area contributed by atoms with Gasteiger partial charge in [-0.3, -0.25) is 9.11 Å². The Labute approximate surface area is 86.5 Å². The molecule has 0 aliphatic heterocycles. The second kappa shape index (κ2) is 8.36. The first-order valence-electron chi connectivity index (χ1n) is 0.698. The van der Waals surface area contributed by atoms with Crippen molar-refractivity contribution in [3.8, 4) is 0 Å². The summed E-state index contributed by atoms with van der Waals surface area (Å²) >= 11 is 0. The Morgan fingerprint density at radius 2 is 1.00 bits per heavy atom. The van der Waals surface area contributed by atoms with Gasteiger partial charge in [0.2, 0.25) is 0 Å². The summed E-state index contributed by atoms with van der Waals surface area (Å²) in [7, 11) is -4.67. The molecule has 0 aliphatic carbocycles. The molecule has 0 aromatic carbocycles. The van der Waals surface area contributed by atoms with Gasteiger partial charge >= 0.3 is 59.3 Å². The van der Waals surface area contributed by atoms with Crippen LogP contribution in [0.2, 0.25) is 0 Å². The van der Waals surface area contributed by atoms with Gasteiger partial charge in [-0.1, -0.05) is 0 Å². The quantitative estimate of drug-likeness (QED) is 0.411. The molecule has 0 saturated heterocycles. The molecule has 0 aromatic rings. The molecule has 48 valence electrons. The van der Waals surface area contributed by atoms with Crippen LogP contribution in [0, 0.1) is 0 Å². The molecule has 0 rings (SSSR count). The Balaban J connectivity index is -0.0000000267. The maximum absolute atomic E-state index is 8.74. The van der Waals surface area contributed by atoms with Crippen LogP contribution in [0.1, 0.15) is 0 Å². The summed E-state index contributed by atoms with van der Waals surface area (Å²) in [6.45, 7) is 0. The summed E-state index contributed by atoms with van der Waals surface area (Å²) in [6.07, 6.45) is 0. The second-order valence-electron chi connectivity index (χ2n) is 0.448. The third-order valence-corrected chi connectivity index (χ3v) is 0. The summed E-state index contributed by atoms with van der Waals surface area (Å²) in [4.78, 5) is 0. The molecule has 8 heteroatoms. The van der Waals surface area contributed by atoms with Crippen LogP contribution >= 0.6 is 0 Å². The Bertz CT molecular complexity index is 91.7. The van der Waals surface area contributed by atoms with Crippen molar-refractivity contribution < 1.29 is 28.5 Å². The maximum Gasteiger partial charge on any atom is 2.00 e. The standard InChI is InChI=1S/Ba.H2O4S.2H2O/c;1-5(2,3)4;;/h;(H2,1,2,3,4);2*1H2/q+2;;;/p-2. The Morgan fingerprint density at radius 1 is 1.00 bits per heavy atom. The Kier molecular flexibility index (Phi) is 23.8. The predicted octanol–water partition coefficient (Wildman–Crippen LogP) is -1.39. The van der Waals surface area contributed by atoms with Gasteiger partial charge in [0, 0.05) is 0 Å². The van der Waals surface area contributed by atoms with E-state index in [0.29, 0.717) is 0 Å². The van der Waals surface area contributed by atoms with Crippen molar-refractivity contribution in [2.24, 2.45) is 0 Å². The van der Waals surface area contributed by atoms with Gasteiger partial charge < -0.3 is 11.0 Å². The summed E-state index contributed by atoms with van der Waals surface area (Å²) in [5, 5.41) is 0. The second-order valence-corrected chi connectivity index (χ2v) is 1.34. The molecule has 8 heavy (non-hydrogen) atoms. The predicted molar refractivity (Wildman–Crippen MR) is 23.8 cm³/mol. The fraction of sp³-hybridized carbons (Fsp3) is 0. The molecule has 0 fully saturated rings. The van der Waals surface area contributed by atoms with Gasteiger partial charge in [-0.05, 0) is 0 Å². The molecule has 0 amide bonds. The van der Waals surface area contributed by atoms with E-state index in [-0.39, 0.29) is 59.8 Å². The zero-order valence-electron chi connectivity index (χ0n) is 3.72. The van der Waals surface area contributed by atoms with Crippen molar-refractivity contribution in [3.63, 3.8) is 0 Å². The van der Waals surface area contributed by atoms with Crippen LogP contribution in [0.15, 0.2) is 0 Å². The van der Waals surface area contributed by atoms with Crippen molar-refractivity contribution in [1.82, 2.24) is 0 Å². The zero-order chi connectivity index (χ0) is 4.50. The topological polar surface area (TPSA) is 135 Å². The molecular formula is H4BaO6S. The molecule has 0 bridgehead atoms. The third-order valence-electron chi connectivity index (χ3n) is 0.